The Morgan fingerprint density at radius 1 is 1.17 bits per heavy atom. The van der Waals surface area contributed by atoms with E-state index in [2.05, 4.69) is 20.1 Å². The summed E-state index contributed by atoms with van der Waals surface area (Å²) in [7, 11) is 0. The van der Waals surface area contributed by atoms with Crippen molar-refractivity contribution in [2.75, 3.05) is 0 Å². The second kappa shape index (κ2) is 4.20. The van der Waals surface area contributed by atoms with Crippen molar-refractivity contribution in [1.82, 2.24) is 24.7 Å². The maximum Gasteiger partial charge on any atom is 0.451 e. The van der Waals surface area contributed by atoms with E-state index in [0.29, 0.717) is 11.6 Å². The molecule has 0 aromatic carbocycles. The van der Waals surface area contributed by atoms with Gasteiger partial charge in [-0.15, -0.1) is 5.10 Å². The quantitative estimate of drug-likeness (QED) is 0.751. The van der Waals surface area contributed by atoms with Gasteiger partial charge in [-0.25, -0.2) is 15.0 Å². The third kappa shape index (κ3) is 2.42. The van der Waals surface area contributed by atoms with E-state index in [1.54, 1.807) is 13.8 Å². The Kier molecular flexibility index (Phi) is 2.97. The molecular weight excluding hydrogens is 271 g/mol. The van der Waals surface area contributed by atoms with Crippen LogP contribution in [0.3, 0.4) is 0 Å². The van der Waals surface area contributed by atoms with Gasteiger partial charge in [-0.3, -0.25) is 0 Å². The highest BCUT2D eigenvalue weighted by atomic mass is 35.5. The average Bonchev–Trinajstić information content (AvgIpc) is 2.55. The van der Waals surface area contributed by atoms with Crippen LogP contribution in [-0.2, 0) is 6.18 Å². The van der Waals surface area contributed by atoms with Crippen LogP contribution in [-0.4, -0.2) is 24.7 Å². The lowest BCUT2D eigenvalue weighted by atomic mass is 10.5. The Bertz CT molecular complexity index is 592. The van der Waals surface area contributed by atoms with Gasteiger partial charge in [0.1, 0.15) is 16.8 Å². The molecule has 0 aliphatic heterocycles. The minimum Gasteiger partial charge on any atom is -0.217 e. The number of alkyl halides is 3. The lowest BCUT2D eigenvalue weighted by Crippen LogP contribution is -2.14. The van der Waals surface area contributed by atoms with Gasteiger partial charge >= 0.3 is 6.18 Å². The van der Waals surface area contributed by atoms with Crippen LogP contribution in [0.2, 0.25) is 5.15 Å². The van der Waals surface area contributed by atoms with Gasteiger partial charge in [0.05, 0.1) is 0 Å². The van der Waals surface area contributed by atoms with E-state index in [0.717, 1.165) is 0 Å². The van der Waals surface area contributed by atoms with Crippen LogP contribution < -0.4 is 0 Å². The molecule has 9 heteroatoms. The third-order valence-corrected chi connectivity index (χ3v) is 2.22. The summed E-state index contributed by atoms with van der Waals surface area (Å²) >= 11 is 5.55. The second-order valence-corrected chi connectivity index (χ2v) is 3.88. The lowest BCUT2D eigenvalue weighted by molar-refractivity contribution is -0.145. The van der Waals surface area contributed by atoms with Crippen LogP contribution in [0.1, 0.15) is 17.5 Å². The molecule has 0 atom stereocenters. The highest BCUT2D eigenvalue weighted by Gasteiger charge is 2.35. The first-order valence-electron chi connectivity index (χ1n) is 4.80. The Morgan fingerprint density at radius 2 is 1.83 bits per heavy atom. The summed E-state index contributed by atoms with van der Waals surface area (Å²) in [6, 6.07) is 1.19. The van der Waals surface area contributed by atoms with Crippen molar-refractivity contribution in [2.24, 2.45) is 0 Å². The van der Waals surface area contributed by atoms with E-state index >= 15 is 0 Å². The van der Waals surface area contributed by atoms with Gasteiger partial charge in [0.25, 0.3) is 0 Å². The van der Waals surface area contributed by atoms with E-state index in [1.165, 1.54) is 10.7 Å². The smallest absolute Gasteiger partial charge is 0.217 e. The van der Waals surface area contributed by atoms with Gasteiger partial charge in [-0.1, -0.05) is 11.6 Å². The first-order chi connectivity index (χ1) is 8.27. The number of hydrogen-bond donors (Lipinski definition) is 0. The van der Waals surface area contributed by atoms with Crippen LogP contribution in [0.25, 0.3) is 5.82 Å². The fourth-order valence-electron chi connectivity index (χ4n) is 1.38. The Balaban J connectivity index is 2.59. The normalized spacial score (nSPS) is 11.9. The van der Waals surface area contributed by atoms with Gasteiger partial charge in [-0.05, 0) is 13.8 Å². The van der Waals surface area contributed by atoms with Crippen molar-refractivity contribution in [3.05, 3.63) is 28.7 Å². The number of aromatic nitrogens is 5. The molecule has 0 spiro atoms. The summed E-state index contributed by atoms with van der Waals surface area (Å²) in [5.74, 6) is -0.538. The average molecular weight is 278 g/mol. The predicted molar refractivity (Wildman–Crippen MR) is 56.4 cm³/mol. The van der Waals surface area contributed by atoms with Crippen LogP contribution in [0, 0.1) is 13.8 Å². The minimum absolute atomic E-state index is 0.0691. The topological polar surface area (TPSA) is 56.5 Å². The first-order valence-corrected chi connectivity index (χ1v) is 5.17. The molecule has 96 valence electrons. The monoisotopic (exact) mass is 277 g/mol. The van der Waals surface area contributed by atoms with Gasteiger partial charge < -0.3 is 0 Å². The van der Waals surface area contributed by atoms with Crippen molar-refractivity contribution in [3.63, 3.8) is 0 Å². The lowest BCUT2D eigenvalue weighted by Gasteiger charge is -2.08. The van der Waals surface area contributed by atoms with Gasteiger partial charge in [0, 0.05) is 6.07 Å². The minimum atomic E-state index is -4.66. The highest BCUT2D eigenvalue weighted by molar-refractivity contribution is 6.29. The number of nitrogens with zero attached hydrogens (tertiary/aromatic N) is 5. The molecule has 18 heavy (non-hydrogen) atoms. The molecule has 2 rings (SSSR count). The fourth-order valence-corrected chi connectivity index (χ4v) is 1.56. The largest absolute Gasteiger partial charge is 0.451 e. The summed E-state index contributed by atoms with van der Waals surface area (Å²) in [6.07, 6.45) is -4.66. The first kappa shape index (κ1) is 12.7. The molecule has 0 aliphatic rings. The zero-order valence-corrected chi connectivity index (χ0v) is 10.1. The zero-order valence-electron chi connectivity index (χ0n) is 9.33. The van der Waals surface area contributed by atoms with E-state index < -0.39 is 12.0 Å². The van der Waals surface area contributed by atoms with E-state index in [1.807, 2.05) is 0 Å². The summed E-state index contributed by atoms with van der Waals surface area (Å²) < 4.78 is 38.8. The number of hydrogen-bond acceptors (Lipinski definition) is 4. The molecule has 0 saturated carbocycles. The summed E-state index contributed by atoms with van der Waals surface area (Å²) in [5.41, 5.74) is 0. The molecule has 2 aromatic rings. The summed E-state index contributed by atoms with van der Waals surface area (Å²) in [6.45, 7) is 3.22. The van der Waals surface area contributed by atoms with Crippen molar-refractivity contribution in [3.8, 4) is 5.82 Å². The number of aryl methyl sites for hydroxylation is 2. The van der Waals surface area contributed by atoms with Gasteiger partial charge in [0.2, 0.25) is 5.82 Å². The van der Waals surface area contributed by atoms with Crippen LogP contribution in [0.15, 0.2) is 6.07 Å². The van der Waals surface area contributed by atoms with Crippen LogP contribution >= 0.6 is 11.6 Å². The van der Waals surface area contributed by atoms with Crippen molar-refractivity contribution in [1.29, 1.82) is 0 Å². The highest BCUT2D eigenvalue weighted by Crippen LogP contribution is 2.27. The molecule has 0 fully saturated rings. The molecule has 0 bridgehead atoms. The molecule has 5 nitrogen and oxygen atoms in total. The second-order valence-electron chi connectivity index (χ2n) is 3.49. The zero-order chi connectivity index (χ0) is 13.5. The Hall–Kier alpha value is -1.70. The van der Waals surface area contributed by atoms with Crippen LogP contribution in [0.4, 0.5) is 13.2 Å². The molecule has 2 heterocycles. The summed E-state index contributed by atoms with van der Waals surface area (Å²) in [5, 5.41) is 3.63. The molecule has 0 N–H and O–H groups in total. The molecule has 0 unspecified atom stereocenters. The maximum absolute atomic E-state index is 12.5. The molecule has 0 aliphatic carbocycles. The predicted octanol–water partition coefficient (Wildman–Crippen LogP) is 2.35. The summed E-state index contributed by atoms with van der Waals surface area (Å²) in [4.78, 5) is 10.5. The van der Waals surface area contributed by atoms with Crippen molar-refractivity contribution in [2.45, 2.75) is 20.0 Å². The molecule has 0 amide bonds. The molecule has 0 radical (unpaired) electrons. The standard InChI is InChI=1S/C9H7ClF3N5/c1-4-14-5(2)18(17-4)7-3-6(10)15-8(16-7)9(11,12)13/h3H,1-2H3. The van der Waals surface area contributed by atoms with Gasteiger partial charge in [0.15, 0.2) is 5.82 Å². The fraction of sp³-hybridized carbons (Fsp3) is 0.333. The Morgan fingerprint density at radius 3 is 2.33 bits per heavy atom. The van der Waals surface area contributed by atoms with E-state index in [4.69, 9.17) is 11.6 Å². The van der Waals surface area contributed by atoms with Crippen molar-refractivity contribution < 1.29 is 13.2 Å². The SMILES string of the molecule is Cc1nc(C)n(-c2cc(Cl)nc(C(F)(F)F)n2)n1. The molecule has 2 aromatic heterocycles. The number of halogens is 4. The van der Waals surface area contributed by atoms with Gasteiger partial charge in [-0.2, -0.15) is 17.9 Å². The Labute approximate surface area is 105 Å². The van der Waals surface area contributed by atoms with Crippen LogP contribution in [0.5, 0.6) is 0 Å². The number of rotatable bonds is 1. The van der Waals surface area contributed by atoms with Crippen molar-refractivity contribution >= 4 is 11.6 Å². The maximum atomic E-state index is 12.5. The van der Waals surface area contributed by atoms with E-state index in [9.17, 15) is 13.2 Å². The van der Waals surface area contributed by atoms with E-state index in [-0.39, 0.29) is 11.0 Å². The molecule has 0 saturated heterocycles. The third-order valence-electron chi connectivity index (χ3n) is 2.03. The molecular formula is C9H7ClF3N5.